The number of benzene rings is 1. The molecule has 23 heavy (non-hydrogen) atoms. The lowest BCUT2D eigenvalue weighted by Gasteiger charge is -2.39. The first-order valence-electron chi connectivity index (χ1n) is 7.00. The molecule has 1 aromatic carbocycles. The number of nitrogens with zero attached hydrogens (tertiary/aromatic N) is 1. The minimum Gasteiger partial charge on any atom is -0.504 e. The van der Waals surface area contributed by atoms with E-state index in [1.54, 1.807) is 20.8 Å². The second kappa shape index (κ2) is 5.82. The number of phenolic OH excluding ortho intramolecular Hbond substituents is 1. The third-order valence-corrected chi connectivity index (χ3v) is 3.08. The zero-order valence-electron chi connectivity index (χ0n) is 13.0. The van der Waals surface area contributed by atoms with Crippen molar-refractivity contribution < 1.29 is 32.5 Å². The second-order valence-electron chi connectivity index (χ2n) is 6.31. The standard InChI is InChI=1S/C15H18F3NO4/c1-14(2,3)23-13(21)19-7-10(8-19)22-12-6-9(15(16,17)18)4-5-11(12)20/h4-6,10,20H,7-8H2,1-3H3. The number of hydrogen-bond acceptors (Lipinski definition) is 4. The summed E-state index contributed by atoms with van der Waals surface area (Å²) in [6, 6.07) is 2.45. The Balaban J connectivity index is 1.94. The van der Waals surface area contributed by atoms with E-state index >= 15 is 0 Å². The summed E-state index contributed by atoms with van der Waals surface area (Å²) in [5, 5.41) is 9.60. The number of hydrogen-bond donors (Lipinski definition) is 1. The van der Waals surface area contributed by atoms with Gasteiger partial charge in [0.25, 0.3) is 0 Å². The van der Waals surface area contributed by atoms with Crippen molar-refractivity contribution >= 4 is 6.09 Å². The summed E-state index contributed by atoms with van der Waals surface area (Å²) in [5.41, 5.74) is -1.53. The van der Waals surface area contributed by atoms with Gasteiger partial charge in [0, 0.05) is 0 Å². The van der Waals surface area contributed by atoms with E-state index in [-0.39, 0.29) is 24.6 Å². The van der Waals surface area contributed by atoms with E-state index in [1.807, 2.05) is 0 Å². The number of amides is 1. The van der Waals surface area contributed by atoms with Crippen molar-refractivity contribution in [1.82, 2.24) is 4.90 Å². The van der Waals surface area contributed by atoms with Crippen LogP contribution in [0.5, 0.6) is 11.5 Å². The molecule has 0 radical (unpaired) electrons. The number of rotatable bonds is 2. The highest BCUT2D eigenvalue weighted by atomic mass is 19.4. The molecule has 0 aliphatic carbocycles. The van der Waals surface area contributed by atoms with Gasteiger partial charge in [0.1, 0.15) is 11.7 Å². The molecule has 1 fully saturated rings. The van der Waals surface area contributed by atoms with Crippen LogP contribution in [0.25, 0.3) is 0 Å². The molecule has 0 atom stereocenters. The average Bonchev–Trinajstić information content (AvgIpc) is 2.31. The zero-order valence-corrected chi connectivity index (χ0v) is 13.0. The average molecular weight is 333 g/mol. The first-order chi connectivity index (χ1) is 10.5. The van der Waals surface area contributed by atoms with Crippen LogP contribution in [0.2, 0.25) is 0 Å². The van der Waals surface area contributed by atoms with Crippen LogP contribution < -0.4 is 4.74 Å². The van der Waals surface area contributed by atoms with E-state index in [2.05, 4.69) is 0 Å². The van der Waals surface area contributed by atoms with Gasteiger partial charge in [0.05, 0.1) is 18.7 Å². The molecule has 0 bridgehead atoms. The molecule has 0 unspecified atom stereocenters. The fourth-order valence-electron chi connectivity index (χ4n) is 1.95. The smallest absolute Gasteiger partial charge is 0.416 e. The maximum atomic E-state index is 12.7. The lowest BCUT2D eigenvalue weighted by Crippen LogP contribution is -2.57. The molecule has 0 spiro atoms. The Kier molecular flexibility index (Phi) is 4.37. The molecular weight excluding hydrogens is 315 g/mol. The lowest BCUT2D eigenvalue weighted by molar-refractivity contribution is -0.137. The normalized spacial score (nSPS) is 16.0. The summed E-state index contributed by atoms with van der Waals surface area (Å²) < 4.78 is 48.4. The van der Waals surface area contributed by atoms with Gasteiger partial charge in [-0.1, -0.05) is 0 Å². The Morgan fingerprint density at radius 1 is 1.26 bits per heavy atom. The Labute approximate surface area is 131 Å². The number of halogens is 3. The second-order valence-corrected chi connectivity index (χ2v) is 6.31. The van der Waals surface area contributed by atoms with Crippen molar-refractivity contribution in [3.8, 4) is 11.5 Å². The minimum atomic E-state index is -4.52. The van der Waals surface area contributed by atoms with Gasteiger partial charge in [-0.2, -0.15) is 13.2 Å². The van der Waals surface area contributed by atoms with Gasteiger partial charge in [-0.05, 0) is 39.0 Å². The Hall–Kier alpha value is -2.12. The van der Waals surface area contributed by atoms with Crippen LogP contribution in [0, 0.1) is 0 Å². The van der Waals surface area contributed by atoms with Crippen LogP contribution in [-0.4, -0.2) is 40.9 Å². The van der Waals surface area contributed by atoms with E-state index in [9.17, 15) is 23.1 Å². The zero-order chi connectivity index (χ0) is 17.4. The monoisotopic (exact) mass is 333 g/mol. The van der Waals surface area contributed by atoms with Crippen LogP contribution in [-0.2, 0) is 10.9 Å². The van der Waals surface area contributed by atoms with Crippen molar-refractivity contribution in [1.29, 1.82) is 0 Å². The fourth-order valence-corrected chi connectivity index (χ4v) is 1.95. The molecule has 0 saturated carbocycles. The number of likely N-dealkylation sites (tertiary alicyclic amines) is 1. The molecule has 1 amide bonds. The molecule has 128 valence electrons. The number of alkyl halides is 3. The van der Waals surface area contributed by atoms with Crippen LogP contribution in [0.4, 0.5) is 18.0 Å². The first kappa shape index (κ1) is 17.2. The molecule has 1 aromatic rings. The number of carbonyl (C=O) groups excluding carboxylic acids is 1. The van der Waals surface area contributed by atoms with Crippen molar-refractivity contribution in [2.75, 3.05) is 13.1 Å². The molecular formula is C15H18F3NO4. The number of carbonyl (C=O) groups is 1. The van der Waals surface area contributed by atoms with Gasteiger partial charge in [-0.15, -0.1) is 0 Å². The SMILES string of the molecule is CC(C)(C)OC(=O)N1CC(Oc2cc(C(F)(F)F)ccc2O)C1. The van der Waals surface area contributed by atoms with Gasteiger partial charge >= 0.3 is 12.3 Å². The summed E-state index contributed by atoms with van der Waals surface area (Å²) in [6.45, 7) is 5.58. The Bertz CT molecular complexity index is 589. The highest BCUT2D eigenvalue weighted by Crippen LogP contribution is 2.36. The summed E-state index contributed by atoms with van der Waals surface area (Å²) >= 11 is 0. The van der Waals surface area contributed by atoms with Crippen LogP contribution in [0.15, 0.2) is 18.2 Å². The third-order valence-electron chi connectivity index (χ3n) is 3.08. The topological polar surface area (TPSA) is 59.0 Å². The number of aromatic hydroxyl groups is 1. The molecule has 1 N–H and O–H groups in total. The fraction of sp³-hybridized carbons (Fsp3) is 0.533. The van der Waals surface area contributed by atoms with Crippen LogP contribution >= 0.6 is 0 Å². The van der Waals surface area contributed by atoms with Gasteiger partial charge < -0.3 is 19.5 Å². The van der Waals surface area contributed by atoms with Crippen molar-refractivity contribution in [3.05, 3.63) is 23.8 Å². The van der Waals surface area contributed by atoms with Gasteiger partial charge in [0.2, 0.25) is 0 Å². The molecule has 0 aromatic heterocycles. The predicted octanol–water partition coefficient (Wildman–Crippen LogP) is 3.41. The molecule has 1 aliphatic rings. The van der Waals surface area contributed by atoms with Gasteiger partial charge in [0.15, 0.2) is 11.5 Å². The van der Waals surface area contributed by atoms with Crippen molar-refractivity contribution in [3.63, 3.8) is 0 Å². The Morgan fingerprint density at radius 2 is 1.87 bits per heavy atom. The third kappa shape index (κ3) is 4.43. The van der Waals surface area contributed by atoms with E-state index in [4.69, 9.17) is 9.47 Å². The largest absolute Gasteiger partial charge is 0.504 e. The molecule has 8 heteroatoms. The molecule has 1 heterocycles. The van der Waals surface area contributed by atoms with Gasteiger partial charge in [-0.3, -0.25) is 0 Å². The first-order valence-corrected chi connectivity index (χ1v) is 7.00. The molecule has 2 rings (SSSR count). The molecule has 1 aliphatic heterocycles. The maximum Gasteiger partial charge on any atom is 0.416 e. The van der Waals surface area contributed by atoms with Crippen LogP contribution in [0.3, 0.4) is 0 Å². The van der Waals surface area contributed by atoms with E-state index < -0.39 is 29.5 Å². The maximum absolute atomic E-state index is 12.7. The highest BCUT2D eigenvalue weighted by Gasteiger charge is 2.36. The quantitative estimate of drug-likeness (QED) is 0.901. The van der Waals surface area contributed by atoms with E-state index in [0.29, 0.717) is 0 Å². The molecule has 1 saturated heterocycles. The van der Waals surface area contributed by atoms with Crippen molar-refractivity contribution in [2.24, 2.45) is 0 Å². The summed E-state index contributed by atoms with van der Waals surface area (Å²) in [5.74, 6) is -0.637. The van der Waals surface area contributed by atoms with E-state index in [1.165, 1.54) is 4.90 Å². The molecule has 5 nitrogen and oxygen atoms in total. The van der Waals surface area contributed by atoms with Crippen LogP contribution in [0.1, 0.15) is 26.3 Å². The summed E-state index contributed by atoms with van der Waals surface area (Å²) in [6.07, 6.45) is -5.52. The minimum absolute atomic E-state index is 0.185. The van der Waals surface area contributed by atoms with E-state index in [0.717, 1.165) is 18.2 Å². The summed E-state index contributed by atoms with van der Waals surface area (Å²) in [4.78, 5) is 13.1. The van der Waals surface area contributed by atoms with Gasteiger partial charge in [-0.25, -0.2) is 4.79 Å². The lowest BCUT2D eigenvalue weighted by atomic mass is 10.1. The van der Waals surface area contributed by atoms with Crippen molar-refractivity contribution in [2.45, 2.75) is 38.7 Å². The Morgan fingerprint density at radius 3 is 2.39 bits per heavy atom. The number of phenols is 1. The number of ether oxygens (including phenoxy) is 2. The predicted molar refractivity (Wildman–Crippen MR) is 75.3 cm³/mol. The highest BCUT2D eigenvalue weighted by molar-refractivity contribution is 5.69. The summed E-state index contributed by atoms with van der Waals surface area (Å²) in [7, 11) is 0.